The van der Waals surface area contributed by atoms with Crippen LogP contribution in [0.2, 0.25) is 0 Å². The number of benzene rings is 1. The number of aromatic nitrogens is 1. The summed E-state index contributed by atoms with van der Waals surface area (Å²) < 4.78 is 2.04. The number of nitrogens with zero attached hydrogens (tertiary/aromatic N) is 1. The van der Waals surface area contributed by atoms with Crippen molar-refractivity contribution < 1.29 is 9.90 Å². The van der Waals surface area contributed by atoms with Gasteiger partial charge in [-0.3, -0.25) is 0 Å². The minimum atomic E-state index is -0.858. The van der Waals surface area contributed by atoms with E-state index < -0.39 is 5.97 Å². The molecular weight excluding hydrogens is 202 g/mol. The second kappa shape index (κ2) is 4.66. The number of rotatable bonds is 4. The van der Waals surface area contributed by atoms with Crippen molar-refractivity contribution in [2.24, 2.45) is 0 Å². The zero-order valence-corrected chi connectivity index (χ0v) is 8.84. The number of carboxylic acid groups (broad SMARTS) is 1. The van der Waals surface area contributed by atoms with Gasteiger partial charge in [0.25, 0.3) is 0 Å². The highest BCUT2D eigenvalue weighted by molar-refractivity contribution is 5.89. The van der Waals surface area contributed by atoms with Crippen molar-refractivity contribution in [2.75, 3.05) is 0 Å². The van der Waals surface area contributed by atoms with Gasteiger partial charge in [0.15, 0.2) is 0 Å². The monoisotopic (exact) mass is 215 g/mol. The lowest BCUT2D eigenvalue weighted by Gasteiger charge is -2.06. The number of hydrogen-bond acceptors (Lipinski definition) is 1. The summed E-state index contributed by atoms with van der Waals surface area (Å²) >= 11 is 0. The van der Waals surface area contributed by atoms with Crippen molar-refractivity contribution in [3.8, 4) is 0 Å². The summed E-state index contributed by atoms with van der Waals surface area (Å²) in [5.74, 6) is -0.858. The Balaban J connectivity index is 2.12. The molecule has 0 radical (unpaired) electrons. The molecule has 0 saturated carbocycles. The molecule has 3 heteroatoms. The second-order valence-corrected chi connectivity index (χ2v) is 3.63. The zero-order chi connectivity index (χ0) is 11.4. The minimum absolute atomic E-state index is 0.398. The fourth-order valence-corrected chi connectivity index (χ4v) is 1.72. The third-order valence-corrected chi connectivity index (χ3v) is 2.55. The molecule has 0 aliphatic heterocycles. The average molecular weight is 215 g/mol. The van der Waals surface area contributed by atoms with E-state index in [4.69, 9.17) is 5.11 Å². The van der Waals surface area contributed by atoms with Crippen molar-refractivity contribution >= 4 is 5.97 Å². The van der Waals surface area contributed by atoms with Crippen LogP contribution < -0.4 is 0 Å². The first-order valence-electron chi connectivity index (χ1n) is 5.19. The highest BCUT2D eigenvalue weighted by Gasteiger charge is 2.08. The summed E-state index contributed by atoms with van der Waals surface area (Å²) in [5, 5.41) is 9.02. The standard InChI is InChI=1S/C13H13NO2/c15-13(16)12-6-2-1-5-11(12)7-10-14-8-3-4-9-14/h1-6,8-9H,7,10H2,(H,15,16). The first kappa shape index (κ1) is 10.5. The maximum Gasteiger partial charge on any atom is 0.335 e. The summed E-state index contributed by atoms with van der Waals surface area (Å²) in [6, 6.07) is 11.1. The molecule has 0 amide bonds. The Morgan fingerprint density at radius 1 is 1.12 bits per heavy atom. The SMILES string of the molecule is O=C(O)c1ccccc1CCn1cccc1. The molecule has 0 spiro atoms. The summed E-state index contributed by atoms with van der Waals surface area (Å²) in [5.41, 5.74) is 1.28. The van der Waals surface area contributed by atoms with Crippen LogP contribution in [-0.4, -0.2) is 15.6 Å². The normalized spacial score (nSPS) is 10.2. The average Bonchev–Trinajstić information content (AvgIpc) is 2.79. The molecule has 1 aromatic heterocycles. The van der Waals surface area contributed by atoms with Gasteiger partial charge in [-0.25, -0.2) is 4.79 Å². The number of carboxylic acids is 1. The molecular formula is C13H13NO2. The van der Waals surface area contributed by atoms with E-state index in [9.17, 15) is 4.79 Å². The summed E-state index contributed by atoms with van der Waals surface area (Å²) in [6.45, 7) is 0.803. The van der Waals surface area contributed by atoms with Gasteiger partial charge < -0.3 is 9.67 Å². The van der Waals surface area contributed by atoms with E-state index in [0.717, 1.165) is 18.5 Å². The predicted molar refractivity (Wildman–Crippen MR) is 61.5 cm³/mol. The second-order valence-electron chi connectivity index (χ2n) is 3.63. The van der Waals surface area contributed by atoms with Crippen molar-refractivity contribution in [3.05, 3.63) is 59.9 Å². The van der Waals surface area contributed by atoms with Gasteiger partial charge >= 0.3 is 5.97 Å². The molecule has 16 heavy (non-hydrogen) atoms. The Morgan fingerprint density at radius 3 is 2.50 bits per heavy atom. The van der Waals surface area contributed by atoms with E-state index in [1.807, 2.05) is 41.2 Å². The third kappa shape index (κ3) is 2.31. The van der Waals surface area contributed by atoms with Gasteiger partial charge in [-0.05, 0) is 30.2 Å². The Kier molecular flexibility index (Phi) is 3.05. The molecule has 0 aliphatic rings. The molecule has 0 bridgehead atoms. The van der Waals surface area contributed by atoms with Gasteiger partial charge in [0.05, 0.1) is 5.56 Å². The molecule has 1 heterocycles. The van der Waals surface area contributed by atoms with E-state index in [-0.39, 0.29) is 0 Å². The number of carbonyl (C=O) groups is 1. The van der Waals surface area contributed by atoms with Crippen molar-refractivity contribution in [1.82, 2.24) is 4.57 Å². The van der Waals surface area contributed by atoms with Crippen LogP contribution in [0.5, 0.6) is 0 Å². The van der Waals surface area contributed by atoms with E-state index in [0.29, 0.717) is 5.56 Å². The van der Waals surface area contributed by atoms with Gasteiger partial charge in [0, 0.05) is 18.9 Å². The first-order chi connectivity index (χ1) is 7.77. The van der Waals surface area contributed by atoms with Crippen molar-refractivity contribution in [2.45, 2.75) is 13.0 Å². The molecule has 0 saturated heterocycles. The molecule has 1 aromatic carbocycles. The zero-order valence-electron chi connectivity index (χ0n) is 8.84. The van der Waals surface area contributed by atoms with Gasteiger partial charge in [-0.2, -0.15) is 0 Å². The van der Waals surface area contributed by atoms with Crippen LogP contribution in [-0.2, 0) is 13.0 Å². The molecule has 0 unspecified atom stereocenters. The van der Waals surface area contributed by atoms with Gasteiger partial charge in [0.1, 0.15) is 0 Å². The van der Waals surface area contributed by atoms with Crippen LogP contribution in [0.3, 0.4) is 0 Å². The molecule has 2 aromatic rings. The number of aryl methyl sites for hydroxylation is 2. The maximum absolute atomic E-state index is 11.0. The molecule has 82 valence electrons. The Hall–Kier alpha value is -2.03. The third-order valence-electron chi connectivity index (χ3n) is 2.55. The fourth-order valence-electron chi connectivity index (χ4n) is 1.72. The smallest absolute Gasteiger partial charge is 0.335 e. The largest absolute Gasteiger partial charge is 0.478 e. The van der Waals surface area contributed by atoms with Gasteiger partial charge in [-0.1, -0.05) is 18.2 Å². The fraction of sp³-hybridized carbons (Fsp3) is 0.154. The quantitative estimate of drug-likeness (QED) is 0.851. The van der Waals surface area contributed by atoms with Crippen molar-refractivity contribution in [1.29, 1.82) is 0 Å². The van der Waals surface area contributed by atoms with E-state index in [2.05, 4.69) is 0 Å². The van der Waals surface area contributed by atoms with Crippen molar-refractivity contribution in [3.63, 3.8) is 0 Å². The number of hydrogen-bond donors (Lipinski definition) is 1. The molecule has 2 rings (SSSR count). The highest BCUT2D eigenvalue weighted by Crippen LogP contribution is 2.10. The van der Waals surface area contributed by atoms with E-state index in [1.165, 1.54) is 0 Å². The topological polar surface area (TPSA) is 42.2 Å². The Labute approximate surface area is 94.0 Å². The predicted octanol–water partition coefficient (Wildman–Crippen LogP) is 2.43. The Bertz CT molecular complexity index is 474. The molecule has 3 nitrogen and oxygen atoms in total. The number of aromatic carboxylic acids is 1. The summed E-state index contributed by atoms with van der Waals surface area (Å²) in [7, 11) is 0. The Morgan fingerprint density at radius 2 is 1.81 bits per heavy atom. The van der Waals surface area contributed by atoms with Gasteiger partial charge in [0.2, 0.25) is 0 Å². The molecule has 1 N–H and O–H groups in total. The van der Waals surface area contributed by atoms with Crippen LogP contribution in [0.25, 0.3) is 0 Å². The lowest BCUT2D eigenvalue weighted by atomic mass is 10.0. The van der Waals surface area contributed by atoms with E-state index >= 15 is 0 Å². The van der Waals surface area contributed by atoms with Crippen LogP contribution in [0.1, 0.15) is 15.9 Å². The molecule has 0 aliphatic carbocycles. The summed E-state index contributed by atoms with van der Waals surface area (Å²) in [4.78, 5) is 11.0. The first-order valence-corrected chi connectivity index (χ1v) is 5.19. The lowest BCUT2D eigenvalue weighted by Crippen LogP contribution is -2.05. The molecule has 0 fully saturated rings. The molecule has 0 atom stereocenters. The van der Waals surface area contributed by atoms with E-state index in [1.54, 1.807) is 12.1 Å². The minimum Gasteiger partial charge on any atom is -0.478 e. The van der Waals surface area contributed by atoms with Crippen LogP contribution >= 0.6 is 0 Å². The van der Waals surface area contributed by atoms with Gasteiger partial charge in [-0.15, -0.1) is 0 Å². The van der Waals surface area contributed by atoms with Crippen LogP contribution in [0, 0.1) is 0 Å². The maximum atomic E-state index is 11.0. The van der Waals surface area contributed by atoms with Crippen LogP contribution in [0.4, 0.5) is 0 Å². The lowest BCUT2D eigenvalue weighted by molar-refractivity contribution is 0.0695. The van der Waals surface area contributed by atoms with Crippen LogP contribution in [0.15, 0.2) is 48.8 Å². The summed E-state index contributed by atoms with van der Waals surface area (Å²) in [6.07, 6.45) is 4.68. The highest BCUT2D eigenvalue weighted by atomic mass is 16.4.